The Balaban J connectivity index is 1.42. The average Bonchev–Trinajstić information content (AvgIpc) is 3.22. The Labute approximate surface area is 187 Å². The molecule has 0 radical (unpaired) electrons. The SMILES string of the molecule is C[C@@H]1CN(Cc2csc(NC(=O)c3ccc4c(c3)C[C@H](C)N4S(C)(=O)=O)n2)C[C@H](C)O1. The molecule has 0 bridgehead atoms. The molecule has 2 aromatic rings. The van der Waals surface area contributed by atoms with Crippen LogP contribution < -0.4 is 9.62 Å². The summed E-state index contributed by atoms with van der Waals surface area (Å²) in [6.07, 6.45) is 2.18. The molecule has 1 aromatic heterocycles. The number of aromatic nitrogens is 1. The molecule has 2 aliphatic rings. The highest BCUT2D eigenvalue weighted by Gasteiger charge is 2.33. The number of hydrogen-bond acceptors (Lipinski definition) is 7. The Morgan fingerprint density at radius 1 is 1.26 bits per heavy atom. The molecule has 1 fully saturated rings. The predicted molar refractivity (Wildman–Crippen MR) is 122 cm³/mol. The number of anilines is 2. The molecule has 1 saturated heterocycles. The highest BCUT2D eigenvalue weighted by atomic mass is 32.2. The van der Waals surface area contributed by atoms with Gasteiger partial charge >= 0.3 is 0 Å². The lowest BCUT2D eigenvalue weighted by atomic mass is 10.1. The van der Waals surface area contributed by atoms with Gasteiger partial charge in [-0.15, -0.1) is 11.3 Å². The number of nitrogens with zero attached hydrogens (tertiary/aromatic N) is 3. The van der Waals surface area contributed by atoms with E-state index in [1.165, 1.54) is 21.9 Å². The number of nitrogens with one attached hydrogen (secondary N) is 1. The molecule has 31 heavy (non-hydrogen) atoms. The van der Waals surface area contributed by atoms with Gasteiger partial charge in [-0.1, -0.05) is 0 Å². The number of carbonyl (C=O) groups is 1. The summed E-state index contributed by atoms with van der Waals surface area (Å²) < 4.78 is 31.3. The van der Waals surface area contributed by atoms with E-state index in [1.807, 2.05) is 12.3 Å². The topological polar surface area (TPSA) is 91.8 Å². The van der Waals surface area contributed by atoms with Crippen molar-refractivity contribution in [2.45, 2.75) is 52.0 Å². The maximum absolute atomic E-state index is 12.8. The van der Waals surface area contributed by atoms with Gasteiger partial charge in [0.1, 0.15) is 0 Å². The quantitative estimate of drug-likeness (QED) is 0.732. The van der Waals surface area contributed by atoms with Gasteiger partial charge in [0.15, 0.2) is 5.13 Å². The van der Waals surface area contributed by atoms with E-state index in [0.29, 0.717) is 22.8 Å². The molecule has 8 nitrogen and oxygen atoms in total. The van der Waals surface area contributed by atoms with Gasteiger partial charge in [0.2, 0.25) is 10.0 Å². The van der Waals surface area contributed by atoms with Gasteiger partial charge in [-0.3, -0.25) is 19.3 Å². The predicted octanol–water partition coefficient (Wildman–Crippen LogP) is 2.72. The van der Waals surface area contributed by atoms with Gasteiger partial charge in [-0.05, 0) is 51.0 Å². The van der Waals surface area contributed by atoms with Gasteiger partial charge < -0.3 is 4.74 Å². The Kier molecular flexibility index (Phi) is 6.08. The van der Waals surface area contributed by atoms with Gasteiger partial charge in [0.05, 0.1) is 29.8 Å². The second kappa shape index (κ2) is 8.50. The van der Waals surface area contributed by atoms with E-state index in [1.54, 1.807) is 18.2 Å². The van der Waals surface area contributed by atoms with Crippen molar-refractivity contribution in [3.63, 3.8) is 0 Å². The lowest BCUT2D eigenvalue weighted by molar-refractivity contribution is -0.0707. The molecule has 168 valence electrons. The van der Waals surface area contributed by atoms with Gasteiger partial charge in [-0.2, -0.15) is 0 Å². The molecule has 3 heterocycles. The summed E-state index contributed by atoms with van der Waals surface area (Å²) in [7, 11) is -3.35. The number of hydrogen-bond donors (Lipinski definition) is 1. The van der Waals surface area contributed by atoms with E-state index < -0.39 is 10.0 Å². The molecule has 0 aliphatic carbocycles. The number of benzene rings is 1. The number of amides is 1. The Bertz CT molecular complexity index is 1070. The minimum atomic E-state index is -3.35. The van der Waals surface area contributed by atoms with E-state index in [9.17, 15) is 13.2 Å². The van der Waals surface area contributed by atoms with Crippen molar-refractivity contribution < 1.29 is 17.9 Å². The first-order valence-electron chi connectivity index (χ1n) is 10.4. The zero-order chi connectivity index (χ0) is 22.3. The Hall–Kier alpha value is -2.01. The van der Waals surface area contributed by atoms with E-state index >= 15 is 0 Å². The van der Waals surface area contributed by atoms with Crippen molar-refractivity contribution in [1.29, 1.82) is 0 Å². The number of carbonyl (C=O) groups excluding carboxylic acids is 1. The first-order chi connectivity index (χ1) is 14.6. The van der Waals surface area contributed by atoms with E-state index in [-0.39, 0.29) is 24.2 Å². The molecule has 10 heteroatoms. The molecule has 1 N–H and O–H groups in total. The van der Waals surface area contributed by atoms with Gasteiger partial charge in [-0.25, -0.2) is 13.4 Å². The van der Waals surface area contributed by atoms with Crippen LogP contribution in [0.4, 0.5) is 10.8 Å². The summed E-state index contributed by atoms with van der Waals surface area (Å²) in [6, 6.07) is 4.99. The van der Waals surface area contributed by atoms with Crippen molar-refractivity contribution in [2.75, 3.05) is 29.0 Å². The normalized spacial score (nSPS) is 24.3. The molecule has 0 spiro atoms. The summed E-state index contributed by atoms with van der Waals surface area (Å²) in [5.74, 6) is -0.247. The molecule has 0 unspecified atom stereocenters. The number of thiazole rings is 1. The summed E-state index contributed by atoms with van der Waals surface area (Å²) in [4.78, 5) is 19.6. The molecular formula is C21H28N4O4S2. The first-order valence-corrected chi connectivity index (χ1v) is 13.1. The van der Waals surface area contributed by atoms with Crippen molar-refractivity contribution in [2.24, 2.45) is 0 Å². The highest BCUT2D eigenvalue weighted by molar-refractivity contribution is 7.92. The van der Waals surface area contributed by atoms with Crippen LogP contribution in [0.25, 0.3) is 0 Å². The fourth-order valence-corrected chi connectivity index (χ4v) is 6.46. The minimum Gasteiger partial charge on any atom is -0.373 e. The van der Waals surface area contributed by atoms with Crippen LogP contribution >= 0.6 is 11.3 Å². The fraction of sp³-hybridized carbons (Fsp3) is 0.524. The fourth-order valence-electron chi connectivity index (χ4n) is 4.50. The third-order valence-corrected chi connectivity index (χ3v) is 7.58. The second-order valence-electron chi connectivity index (χ2n) is 8.50. The summed E-state index contributed by atoms with van der Waals surface area (Å²) in [5.41, 5.74) is 2.93. The Morgan fingerprint density at radius 3 is 2.65 bits per heavy atom. The van der Waals surface area contributed by atoms with E-state index in [0.717, 1.165) is 30.9 Å². The molecule has 0 saturated carbocycles. The van der Waals surface area contributed by atoms with Crippen molar-refractivity contribution in [3.8, 4) is 0 Å². The van der Waals surface area contributed by atoms with Gasteiger partial charge in [0.25, 0.3) is 5.91 Å². The number of ether oxygens (including phenoxy) is 1. The zero-order valence-electron chi connectivity index (χ0n) is 18.2. The van der Waals surface area contributed by atoms with Crippen LogP contribution in [0.2, 0.25) is 0 Å². The summed E-state index contributed by atoms with van der Waals surface area (Å²) in [5, 5.41) is 5.39. The molecule has 3 atom stereocenters. The molecule has 2 aliphatic heterocycles. The Morgan fingerprint density at radius 2 is 1.97 bits per heavy atom. The van der Waals surface area contributed by atoms with E-state index in [2.05, 4.69) is 29.0 Å². The smallest absolute Gasteiger partial charge is 0.257 e. The molecule has 1 aromatic carbocycles. The largest absolute Gasteiger partial charge is 0.373 e. The van der Waals surface area contributed by atoms with Crippen LogP contribution in [0.1, 0.15) is 42.4 Å². The zero-order valence-corrected chi connectivity index (χ0v) is 19.8. The van der Waals surface area contributed by atoms with Crippen molar-refractivity contribution in [3.05, 3.63) is 40.4 Å². The number of fused-ring (bicyclic) bond motifs is 1. The molecular weight excluding hydrogens is 436 g/mol. The maximum Gasteiger partial charge on any atom is 0.257 e. The standard InChI is InChI=1S/C21H28N4O4S2/c1-13-7-17-8-16(5-6-19(17)25(13)31(4,27)28)20(26)23-21-22-18(12-30-21)11-24-9-14(2)29-15(3)10-24/h5-6,8,12-15H,7,9-11H2,1-4H3,(H,22,23,26)/t13-,14-,15+/m0/s1. The monoisotopic (exact) mass is 464 g/mol. The van der Waals surface area contributed by atoms with Crippen LogP contribution in [0.15, 0.2) is 23.6 Å². The van der Waals surface area contributed by atoms with Crippen LogP contribution in [0, 0.1) is 0 Å². The van der Waals surface area contributed by atoms with Crippen LogP contribution in [0.3, 0.4) is 0 Å². The van der Waals surface area contributed by atoms with Crippen LogP contribution in [-0.4, -0.2) is 61.8 Å². The first kappa shape index (κ1) is 22.2. The third kappa shape index (κ3) is 4.92. The van der Waals surface area contributed by atoms with Gasteiger partial charge in [0, 0.05) is 36.6 Å². The third-order valence-electron chi connectivity index (χ3n) is 5.51. The second-order valence-corrected chi connectivity index (χ2v) is 11.2. The summed E-state index contributed by atoms with van der Waals surface area (Å²) in [6.45, 7) is 8.46. The maximum atomic E-state index is 12.8. The lowest BCUT2D eigenvalue weighted by Crippen LogP contribution is -2.44. The number of sulfonamides is 1. The van der Waals surface area contributed by atoms with Crippen LogP contribution in [0.5, 0.6) is 0 Å². The highest BCUT2D eigenvalue weighted by Crippen LogP contribution is 2.35. The van der Waals surface area contributed by atoms with Crippen molar-refractivity contribution in [1.82, 2.24) is 9.88 Å². The lowest BCUT2D eigenvalue weighted by Gasteiger charge is -2.34. The van der Waals surface area contributed by atoms with Crippen LogP contribution in [-0.2, 0) is 27.7 Å². The number of morpholine rings is 1. The van der Waals surface area contributed by atoms with Crippen molar-refractivity contribution >= 4 is 38.1 Å². The average molecular weight is 465 g/mol. The molecule has 1 amide bonds. The number of rotatable bonds is 5. The van der Waals surface area contributed by atoms with E-state index in [4.69, 9.17) is 4.74 Å². The summed E-state index contributed by atoms with van der Waals surface area (Å²) >= 11 is 1.40. The minimum absolute atomic E-state index is 0.157. The molecule has 4 rings (SSSR count).